The van der Waals surface area contributed by atoms with E-state index in [0.717, 1.165) is 41.8 Å². The number of aliphatic hydroxyl groups excluding tert-OH is 1. The number of hydrogen-bond donors (Lipinski definition) is 2. The van der Waals surface area contributed by atoms with Crippen LogP contribution in [0, 0.1) is 13.8 Å². The summed E-state index contributed by atoms with van der Waals surface area (Å²) in [5.41, 5.74) is 5.97. The average molecular weight is 343 g/mol. The molecule has 2 aromatic rings. The van der Waals surface area contributed by atoms with Gasteiger partial charge in [-0.25, -0.2) is 4.68 Å². The molecular formula is C19H25N3O3. The quantitative estimate of drug-likeness (QED) is 0.837. The fourth-order valence-corrected chi connectivity index (χ4v) is 3.41. The van der Waals surface area contributed by atoms with Crippen molar-refractivity contribution in [2.75, 3.05) is 20.3 Å². The summed E-state index contributed by atoms with van der Waals surface area (Å²) < 4.78 is 6.79. The first-order chi connectivity index (χ1) is 12.0. The van der Waals surface area contributed by atoms with E-state index in [1.807, 2.05) is 4.68 Å². The summed E-state index contributed by atoms with van der Waals surface area (Å²) in [7, 11) is 1.52. The van der Waals surface area contributed by atoms with Gasteiger partial charge in [-0.05, 0) is 44.7 Å². The molecule has 6 heteroatoms. The Kier molecular flexibility index (Phi) is 5.20. The number of aromatic nitrogens is 2. The maximum absolute atomic E-state index is 12.6. The van der Waals surface area contributed by atoms with Crippen LogP contribution in [0.15, 0.2) is 18.2 Å². The first-order valence-corrected chi connectivity index (χ1v) is 8.65. The van der Waals surface area contributed by atoms with Gasteiger partial charge in [0.1, 0.15) is 0 Å². The van der Waals surface area contributed by atoms with Crippen molar-refractivity contribution >= 4 is 5.91 Å². The maximum Gasteiger partial charge on any atom is 0.272 e. The van der Waals surface area contributed by atoms with Gasteiger partial charge in [0, 0.05) is 24.9 Å². The van der Waals surface area contributed by atoms with Crippen LogP contribution in [0.4, 0.5) is 0 Å². The predicted molar refractivity (Wildman–Crippen MR) is 95.3 cm³/mol. The summed E-state index contributed by atoms with van der Waals surface area (Å²) in [6.45, 7) is 4.47. The van der Waals surface area contributed by atoms with Crippen LogP contribution in [0.5, 0.6) is 0 Å². The summed E-state index contributed by atoms with van der Waals surface area (Å²) in [5.74, 6) is -0.239. The standard InChI is InChI=1S/C19H25N3O3/c1-12-7-8-16(13(2)9-12)22-17-6-4-5-15(17)18(21-22)19(24)20-10-14(23)11-25-3/h7-9,14,23H,4-6,10-11H2,1-3H3,(H,20,24). The molecule has 2 N–H and O–H groups in total. The molecule has 1 heterocycles. The van der Waals surface area contributed by atoms with Crippen LogP contribution >= 0.6 is 0 Å². The number of nitrogens with one attached hydrogen (secondary N) is 1. The molecule has 1 unspecified atom stereocenters. The lowest BCUT2D eigenvalue weighted by Crippen LogP contribution is -2.35. The lowest BCUT2D eigenvalue weighted by molar-refractivity contribution is 0.0608. The normalized spacial score (nSPS) is 14.4. The number of benzene rings is 1. The number of nitrogens with zero attached hydrogens (tertiary/aromatic N) is 2. The van der Waals surface area contributed by atoms with E-state index < -0.39 is 6.10 Å². The van der Waals surface area contributed by atoms with Gasteiger partial charge in [-0.15, -0.1) is 0 Å². The van der Waals surface area contributed by atoms with E-state index in [1.165, 1.54) is 12.7 Å². The van der Waals surface area contributed by atoms with Crippen molar-refractivity contribution in [3.63, 3.8) is 0 Å². The zero-order chi connectivity index (χ0) is 18.0. The highest BCUT2D eigenvalue weighted by Crippen LogP contribution is 2.29. The molecule has 1 atom stereocenters. The third kappa shape index (κ3) is 3.60. The van der Waals surface area contributed by atoms with Crippen molar-refractivity contribution in [2.24, 2.45) is 0 Å². The zero-order valence-corrected chi connectivity index (χ0v) is 15.0. The van der Waals surface area contributed by atoms with E-state index >= 15 is 0 Å². The van der Waals surface area contributed by atoms with Crippen LogP contribution in [0.3, 0.4) is 0 Å². The van der Waals surface area contributed by atoms with E-state index in [9.17, 15) is 9.90 Å². The van der Waals surface area contributed by atoms with Gasteiger partial charge < -0.3 is 15.2 Å². The topological polar surface area (TPSA) is 76.4 Å². The van der Waals surface area contributed by atoms with Gasteiger partial charge in [-0.1, -0.05) is 17.7 Å². The van der Waals surface area contributed by atoms with Crippen LogP contribution < -0.4 is 5.32 Å². The highest BCUT2D eigenvalue weighted by atomic mass is 16.5. The Morgan fingerprint density at radius 3 is 2.92 bits per heavy atom. The number of aliphatic hydroxyl groups is 1. The SMILES string of the molecule is COCC(O)CNC(=O)c1nn(-c2ccc(C)cc2C)c2c1CCC2. The second-order valence-electron chi connectivity index (χ2n) is 6.65. The molecule has 1 aromatic carbocycles. The predicted octanol–water partition coefficient (Wildman–Crippen LogP) is 1.71. The summed E-state index contributed by atoms with van der Waals surface area (Å²) >= 11 is 0. The fraction of sp³-hybridized carbons (Fsp3) is 0.474. The fourth-order valence-electron chi connectivity index (χ4n) is 3.41. The minimum atomic E-state index is -0.719. The highest BCUT2D eigenvalue weighted by molar-refractivity contribution is 5.94. The molecule has 0 saturated carbocycles. The molecule has 1 aliphatic carbocycles. The van der Waals surface area contributed by atoms with Gasteiger partial charge >= 0.3 is 0 Å². The van der Waals surface area contributed by atoms with Crippen LogP contribution in [-0.4, -0.2) is 47.2 Å². The minimum absolute atomic E-state index is 0.151. The van der Waals surface area contributed by atoms with Crippen LogP contribution in [-0.2, 0) is 17.6 Å². The first-order valence-electron chi connectivity index (χ1n) is 8.65. The molecule has 0 radical (unpaired) electrons. The second kappa shape index (κ2) is 7.37. The second-order valence-corrected chi connectivity index (χ2v) is 6.65. The lowest BCUT2D eigenvalue weighted by Gasteiger charge is -2.11. The van der Waals surface area contributed by atoms with E-state index in [-0.39, 0.29) is 19.1 Å². The summed E-state index contributed by atoms with van der Waals surface area (Å²) in [4.78, 5) is 12.6. The number of ether oxygens (including phenoxy) is 1. The molecule has 0 fully saturated rings. The van der Waals surface area contributed by atoms with E-state index in [1.54, 1.807) is 0 Å². The molecule has 134 valence electrons. The van der Waals surface area contributed by atoms with Crippen molar-refractivity contribution in [3.8, 4) is 5.69 Å². The molecule has 1 amide bonds. The summed E-state index contributed by atoms with van der Waals surface area (Å²) in [6.07, 6.45) is 2.10. The van der Waals surface area contributed by atoms with Crippen molar-refractivity contribution in [1.82, 2.24) is 15.1 Å². The van der Waals surface area contributed by atoms with Crippen molar-refractivity contribution < 1.29 is 14.6 Å². The molecular weight excluding hydrogens is 318 g/mol. The third-order valence-electron chi connectivity index (χ3n) is 4.58. The van der Waals surface area contributed by atoms with E-state index in [0.29, 0.717) is 5.69 Å². The average Bonchev–Trinajstić information content (AvgIpc) is 3.16. The number of methoxy groups -OCH3 is 1. The van der Waals surface area contributed by atoms with Gasteiger partial charge in [0.15, 0.2) is 5.69 Å². The number of aryl methyl sites for hydroxylation is 2. The summed E-state index contributed by atoms with van der Waals surface area (Å²) in [6, 6.07) is 6.24. The number of rotatable bonds is 6. The Balaban J connectivity index is 1.88. The molecule has 0 saturated heterocycles. The largest absolute Gasteiger partial charge is 0.389 e. The molecule has 0 bridgehead atoms. The van der Waals surface area contributed by atoms with Gasteiger partial charge in [0.2, 0.25) is 0 Å². The van der Waals surface area contributed by atoms with Gasteiger partial charge in [-0.2, -0.15) is 5.10 Å². The number of amides is 1. The molecule has 0 spiro atoms. The maximum atomic E-state index is 12.6. The smallest absolute Gasteiger partial charge is 0.272 e. The number of carbonyl (C=O) groups is 1. The third-order valence-corrected chi connectivity index (χ3v) is 4.58. The van der Waals surface area contributed by atoms with Gasteiger partial charge in [0.25, 0.3) is 5.91 Å². The van der Waals surface area contributed by atoms with E-state index in [2.05, 4.69) is 42.5 Å². The Morgan fingerprint density at radius 2 is 2.20 bits per heavy atom. The zero-order valence-electron chi connectivity index (χ0n) is 15.0. The number of carbonyl (C=O) groups excluding carboxylic acids is 1. The monoisotopic (exact) mass is 343 g/mol. The molecule has 6 nitrogen and oxygen atoms in total. The van der Waals surface area contributed by atoms with Crippen LogP contribution in [0.1, 0.15) is 39.3 Å². The van der Waals surface area contributed by atoms with Gasteiger partial charge in [0.05, 0.1) is 18.4 Å². The van der Waals surface area contributed by atoms with Crippen molar-refractivity contribution in [3.05, 3.63) is 46.3 Å². The van der Waals surface area contributed by atoms with Gasteiger partial charge in [-0.3, -0.25) is 4.79 Å². The Morgan fingerprint density at radius 1 is 1.40 bits per heavy atom. The molecule has 25 heavy (non-hydrogen) atoms. The molecule has 1 aromatic heterocycles. The highest BCUT2D eigenvalue weighted by Gasteiger charge is 2.27. The number of hydrogen-bond acceptors (Lipinski definition) is 4. The van der Waals surface area contributed by atoms with E-state index in [4.69, 9.17) is 4.74 Å². The molecule has 0 aliphatic heterocycles. The molecule has 3 rings (SSSR count). The van der Waals surface area contributed by atoms with Crippen molar-refractivity contribution in [2.45, 2.75) is 39.2 Å². The Labute approximate surface area is 147 Å². The Hall–Kier alpha value is -2.18. The first kappa shape index (κ1) is 17.6. The molecule has 1 aliphatic rings. The van der Waals surface area contributed by atoms with Crippen LogP contribution in [0.25, 0.3) is 5.69 Å². The van der Waals surface area contributed by atoms with Crippen molar-refractivity contribution in [1.29, 1.82) is 0 Å². The lowest BCUT2D eigenvalue weighted by atomic mass is 10.1. The minimum Gasteiger partial charge on any atom is -0.389 e. The van der Waals surface area contributed by atoms with Crippen LogP contribution in [0.2, 0.25) is 0 Å². The Bertz CT molecular complexity index is 782. The number of fused-ring (bicyclic) bond motifs is 1. The summed E-state index contributed by atoms with van der Waals surface area (Å²) in [5, 5.41) is 17.1.